The number of fused-ring (bicyclic) bond motifs is 1. The van der Waals surface area contributed by atoms with Crippen LogP contribution in [0.1, 0.15) is 12.5 Å². The summed E-state index contributed by atoms with van der Waals surface area (Å²) in [6.45, 7) is 5.64. The Morgan fingerprint density at radius 2 is 2.33 bits per heavy atom. The highest BCUT2D eigenvalue weighted by Crippen LogP contribution is 2.31. The number of carbonyl (C=O) groups is 1. The number of hydrogen-bond donors (Lipinski definition) is 2. The van der Waals surface area contributed by atoms with Gasteiger partial charge < -0.3 is 20.3 Å². The van der Waals surface area contributed by atoms with Gasteiger partial charge in [0.1, 0.15) is 6.04 Å². The molecule has 2 N–H and O–H groups in total. The number of para-hydroxylation sites is 1. The number of nitrogens with one attached hydrogen (secondary N) is 2. The number of hydrogen-bond acceptors (Lipinski definition) is 4. The van der Waals surface area contributed by atoms with E-state index in [1.807, 2.05) is 0 Å². The van der Waals surface area contributed by atoms with Crippen molar-refractivity contribution in [2.45, 2.75) is 25.4 Å². The number of ether oxygens (including phenoxy) is 1. The largest absolute Gasteiger partial charge is 0.378 e. The van der Waals surface area contributed by atoms with E-state index in [2.05, 4.69) is 46.7 Å². The summed E-state index contributed by atoms with van der Waals surface area (Å²) in [4.78, 5) is 14.4. The van der Waals surface area contributed by atoms with E-state index in [1.165, 1.54) is 11.3 Å². The van der Waals surface area contributed by atoms with E-state index in [0.29, 0.717) is 25.8 Å². The molecule has 2 unspecified atom stereocenters. The maximum atomic E-state index is 12.0. The standard InChI is InChI=1S/C16H23N3O2/c1-12-10-13-4-2-3-5-15(13)19(12)8-6-18-16(20)14-11-21-9-7-17-14/h2-5,12,14,17H,6-11H2,1H3,(H,18,20). The number of rotatable bonds is 4. The summed E-state index contributed by atoms with van der Waals surface area (Å²) >= 11 is 0. The summed E-state index contributed by atoms with van der Waals surface area (Å²) in [5.41, 5.74) is 2.71. The fourth-order valence-electron chi connectivity index (χ4n) is 3.13. The molecular formula is C16H23N3O2. The van der Waals surface area contributed by atoms with Crippen LogP contribution >= 0.6 is 0 Å². The van der Waals surface area contributed by atoms with Crippen LogP contribution in [0.15, 0.2) is 24.3 Å². The summed E-state index contributed by atoms with van der Waals surface area (Å²) in [6, 6.07) is 8.81. The zero-order valence-corrected chi connectivity index (χ0v) is 12.5. The van der Waals surface area contributed by atoms with Crippen LogP contribution < -0.4 is 15.5 Å². The van der Waals surface area contributed by atoms with Crippen LogP contribution in [0.3, 0.4) is 0 Å². The summed E-state index contributed by atoms with van der Waals surface area (Å²) in [5, 5.41) is 6.18. The number of benzene rings is 1. The second-order valence-electron chi connectivity index (χ2n) is 5.75. The van der Waals surface area contributed by atoms with E-state index in [1.54, 1.807) is 0 Å². The molecule has 1 saturated heterocycles. The first-order chi connectivity index (χ1) is 10.3. The van der Waals surface area contributed by atoms with E-state index in [0.717, 1.165) is 19.5 Å². The molecule has 0 radical (unpaired) electrons. The summed E-state index contributed by atoms with van der Waals surface area (Å²) in [7, 11) is 0. The van der Waals surface area contributed by atoms with Gasteiger partial charge in [-0.15, -0.1) is 0 Å². The first-order valence-corrected chi connectivity index (χ1v) is 7.69. The van der Waals surface area contributed by atoms with Crippen molar-refractivity contribution in [2.75, 3.05) is 37.7 Å². The minimum absolute atomic E-state index is 0.0369. The lowest BCUT2D eigenvalue weighted by molar-refractivity contribution is -0.125. The fourth-order valence-corrected chi connectivity index (χ4v) is 3.13. The third kappa shape index (κ3) is 3.19. The Hall–Kier alpha value is -1.59. The zero-order chi connectivity index (χ0) is 14.7. The molecule has 1 amide bonds. The third-order valence-electron chi connectivity index (χ3n) is 4.24. The van der Waals surface area contributed by atoms with Gasteiger partial charge in [-0.2, -0.15) is 0 Å². The molecule has 3 rings (SSSR count). The second-order valence-corrected chi connectivity index (χ2v) is 5.75. The molecule has 21 heavy (non-hydrogen) atoms. The molecule has 0 aromatic heterocycles. The van der Waals surface area contributed by atoms with E-state index in [4.69, 9.17) is 4.74 Å². The molecule has 5 nitrogen and oxygen atoms in total. The van der Waals surface area contributed by atoms with Gasteiger partial charge in [0.05, 0.1) is 13.2 Å². The molecule has 114 valence electrons. The van der Waals surface area contributed by atoms with Gasteiger partial charge in [0.25, 0.3) is 0 Å². The van der Waals surface area contributed by atoms with Crippen molar-refractivity contribution >= 4 is 11.6 Å². The van der Waals surface area contributed by atoms with Crippen molar-refractivity contribution in [3.05, 3.63) is 29.8 Å². The smallest absolute Gasteiger partial charge is 0.239 e. The van der Waals surface area contributed by atoms with Gasteiger partial charge in [-0.1, -0.05) is 18.2 Å². The van der Waals surface area contributed by atoms with Crippen LogP contribution in [-0.4, -0.2) is 50.8 Å². The summed E-state index contributed by atoms with van der Waals surface area (Å²) in [6.07, 6.45) is 1.09. The Morgan fingerprint density at radius 3 is 3.14 bits per heavy atom. The lowest BCUT2D eigenvalue weighted by atomic mass is 10.1. The monoisotopic (exact) mass is 289 g/mol. The molecule has 0 saturated carbocycles. The Kier molecular flexibility index (Phi) is 4.41. The highest BCUT2D eigenvalue weighted by atomic mass is 16.5. The van der Waals surface area contributed by atoms with Crippen molar-refractivity contribution in [2.24, 2.45) is 0 Å². The fraction of sp³-hybridized carbons (Fsp3) is 0.562. The van der Waals surface area contributed by atoms with Gasteiger partial charge >= 0.3 is 0 Å². The molecule has 1 fully saturated rings. The second kappa shape index (κ2) is 6.45. The highest BCUT2D eigenvalue weighted by molar-refractivity contribution is 5.82. The van der Waals surface area contributed by atoms with Crippen LogP contribution in [0.5, 0.6) is 0 Å². The zero-order valence-electron chi connectivity index (χ0n) is 12.5. The quantitative estimate of drug-likeness (QED) is 0.849. The topological polar surface area (TPSA) is 53.6 Å². The van der Waals surface area contributed by atoms with Crippen LogP contribution in [0.25, 0.3) is 0 Å². The molecular weight excluding hydrogens is 266 g/mol. The lowest BCUT2D eigenvalue weighted by Gasteiger charge is -2.26. The minimum atomic E-state index is -0.206. The van der Waals surface area contributed by atoms with E-state index < -0.39 is 0 Å². The van der Waals surface area contributed by atoms with Gasteiger partial charge in [-0.3, -0.25) is 4.79 Å². The van der Waals surface area contributed by atoms with Gasteiger partial charge in [0.2, 0.25) is 5.91 Å². The Morgan fingerprint density at radius 1 is 1.48 bits per heavy atom. The molecule has 2 atom stereocenters. The van der Waals surface area contributed by atoms with Crippen LogP contribution in [0, 0.1) is 0 Å². The highest BCUT2D eigenvalue weighted by Gasteiger charge is 2.25. The van der Waals surface area contributed by atoms with Crippen LogP contribution in [0.4, 0.5) is 5.69 Å². The summed E-state index contributed by atoms with van der Waals surface area (Å²) < 4.78 is 5.31. The lowest BCUT2D eigenvalue weighted by Crippen LogP contribution is -2.52. The molecule has 0 bridgehead atoms. The molecule has 1 aromatic rings. The number of carbonyl (C=O) groups excluding carboxylic acids is 1. The van der Waals surface area contributed by atoms with Gasteiger partial charge in [-0.05, 0) is 25.0 Å². The minimum Gasteiger partial charge on any atom is -0.378 e. The van der Waals surface area contributed by atoms with Crippen molar-refractivity contribution < 1.29 is 9.53 Å². The molecule has 2 heterocycles. The predicted octanol–water partition coefficient (Wildman–Crippen LogP) is 0.542. The average molecular weight is 289 g/mol. The van der Waals surface area contributed by atoms with E-state index in [9.17, 15) is 4.79 Å². The number of nitrogens with zero attached hydrogens (tertiary/aromatic N) is 1. The molecule has 0 spiro atoms. The van der Waals surface area contributed by atoms with Gasteiger partial charge in [0, 0.05) is 31.4 Å². The first-order valence-electron chi connectivity index (χ1n) is 7.69. The Labute approximate surface area is 125 Å². The average Bonchev–Trinajstić information content (AvgIpc) is 2.84. The van der Waals surface area contributed by atoms with Gasteiger partial charge in [-0.25, -0.2) is 0 Å². The van der Waals surface area contributed by atoms with Crippen molar-refractivity contribution in [1.29, 1.82) is 0 Å². The predicted molar refractivity (Wildman–Crippen MR) is 82.6 cm³/mol. The number of anilines is 1. The van der Waals surface area contributed by atoms with Crippen LogP contribution in [0.2, 0.25) is 0 Å². The maximum Gasteiger partial charge on any atom is 0.239 e. The van der Waals surface area contributed by atoms with Crippen molar-refractivity contribution in [3.63, 3.8) is 0 Å². The van der Waals surface area contributed by atoms with Crippen LogP contribution in [-0.2, 0) is 16.0 Å². The Balaban J connectivity index is 1.50. The van der Waals surface area contributed by atoms with Gasteiger partial charge in [0.15, 0.2) is 0 Å². The third-order valence-corrected chi connectivity index (χ3v) is 4.24. The molecule has 5 heteroatoms. The molecule has 0 aliphatic carbocycles. The SMILES string of the molecule is CC1Cc2ccccc2N1CCNC(=O)C1COCCN1. The summed E-state index contributed by atoms with van der Waals surface area (Å²) in [5.74, 6) is 0.0369. The Bertz CT molecular complexity index is 500. The van der Waals surface area contributed by atoms with Crippen molar-refractivity contribution in [1.82, 2.24) is 10.6 Å². The molecule has 2 aliphatic heterocycles. The molecule has 2 aliphatic rings. The molecule has 1 aromatic carbocycles. The van der Waals surface area contributed by atoms with Crippen molar-refractivity contribution in [3.8, 4) is 0 Å². The normalized spacial score (nSPS) is 24.7. The maximum absolute atomic E-state index is 12.0. The van der Waals surface area contributed by atoms with E-state index >= 15 is 0 Å². The van der Waals surface area contributed by atoms with E-state index in [-0.39, 0.29) is 11.9 Å². The number of amides is 1. The first kappa shape index (κ1) is 14.4. The number of morpholine rings is 1.